The van der Waals surface area contributed by atoms with E-state index in [2.05, 4.69) is 6.92 Å². The molecule has 0 saturated carbocycles. The van der Waals surface area contributed by atoms with Crippen LogP contribution in [-0.2, 0) is 4.74 Å². The van der Waals surface area contributed by atoms with Gasteiger partial charge in [0.15, 0.2) is 0 Å². The molecule has 0 N–H and O–H groups in total. The van der Waals surface area contributed by atoms with E-state index in [0.717, 1.165) is 6.61 Å². The van der Waals surface area contributed by atoms with E-state index in [1.807, 2.05) is 0 Å². The molecule has 0 aromatic heterocycles. The van der Waals surface area contributed by atoms with Gasteiger partial charge in [-0.05, 0) is 19.1 Å². The molecule has 0 amide bonds. The van der Waals surface area contributed by atoms with E-state index in [1.165, 1.54) is 12.2 Å². The molecule has 1 heterocycles. The molecule has 7 heavy (non-hydrogen) atoms. The fourth-order valence-electron chi connectivity index (χ4n) is 0.537. The van der Waals surface area contributed by atoms with Crippen molar-refractivity contribution in [2.45, 2.75) is 11.9 Å². The summed E-state index contributed by atoms with van der Waals surface area (Å²) in [4.78, 5) is 0. The van der Waals surface area contributed by atoms with Gasteiger partial charge in [-0.3, -0.25) is 0 Å². The van der Waals surface area contributed by atoms with Gasteiger partial charge in [0.2, 0.25) is 0 Å². The van der Waals surface area contributed by atoms with Crippen molar-refractivity contribution in [1.82, 2.24) is 0 Å². The van der Waals surface area contributed by atoms with E-state index in [-0.39, 0.29) is 5.44 Å². The molecule has 0 spiro atoms. The third-order valence-corrected chi connectivity index (χ3v) is 1.93. The van der Waals surface area contributed by atoms with E-state index in [1.54, 1.807) is 11.8 Å². The summed E-state index contributed by atoms with van der Waals surface area (Å²) in [6.07, 6.45) is 1.19. The first-order valence-corrected chi connectivity index (χ1v) is 3.51. The first-order chi connectivity index (χ1) is 3.39. The maximum atomic E-state index is 5.13. The monoisotopic (exact) mass is 117 g/mol. The highest BCUT2D eigenvalue weighted by molar-refractivity contribution is 7.99. The van der Waals surface area contributed by atoms with Gasteiger partial charge in [0, 0.05) is 6.61 Å². The Hall–Kier alpha value is 0.310. The molecule has 0 bridgehead atoms. The van der Waals surface area contributed by atoms with Gasteiger partial charge in [-0.1, -0.05) is 0 Å². The van der Waals surface area contributed by atoms with Crippen molar-refractivity contribution in [2.24, 2.45) is 0 Å². The van der Waals surface area contributed by atoms with Crippen molar-refractivity contribution < 1.29 is 4.74 Å². The van der Waals surface area contributed by atoms with Crippen molar-refractivity contribution in [3.63, 3.8) is 0 Å². The lowest BCUT2D eigenvalue weighted by Gasteiger charge is -2.16. The Labute approximate surface area is 48.4 Å². The Bertz CT molecular complexity index is 50.0. The quantitative estimate of drug-likeness (QED) is 0.473. The van der Waals surface area contributed by atoms with E-state index in [9.17, 15) is 0 Å². The molecule has 1 atom stereocenters. The summed E-state index contributed by atoms with van der Waals surface area (Å²) >= 11 is 1.78. The van der Waals surface area contributed by atoms with Crippen LogP contribution in [0.5, 0.6) is 0 Å². The molecule has 0 aromatic rings. The van der Waals surface area contributed by atoms with Crippen LogP contribution in [-0.4, -0.2) is 17.8 Å². The number of ether oxygens (including phenoxy) is 1. The highest BCUT2D eigenvalue weighted by atomic mass is 32.2. The summed E-state index contributed by atoms with van der Waals surface area (Å²) in [6, 6.07) is 0. The van der Waals surface area contributed by atoms with Crippen molar-refractivity contribution in [3.05, 3.63) is 6.92 Å². The van der Waals surface area contributed by atoms with Crippen molar-refractivity contribution in [1.29, 1.82) is 0 Å². The lowest BCUT2D eigenvalue weighted by atomic mass is 10.5. The standard InChI is InChI=1S/C5H9OS/c1-5-6-3-2-4-7-5/h5H,1-4H2. The second kappa shape index (κ2) is 2.58. The summed E-state index contributed by atoms with van der Waals surface area (Å²) in [5.41, 5.74) is 0.203. The number of thioether (sulfide) groups is 1. The SMILES string of the molecule is [CH2]C1OCCCS1. The van der Waals surface area contributed by atoms with Crippen molar-refractivity contribution in [2.75, 3.05) is 12.4 Å². The predicted molar refractivity (Wildman–Crippen MR) is 32.2 cm³/mol. The van der Waals surface area contributed by atoms with Crippen LogP contribution < -0.4 is 0 Å². The van der Waals surface area contributed by atoms with E-state index >= 15 is 0 Å². The van der Waals surface area contributed by atoms with Gasteiger partial charge >= 0.3 is 0 Å². The average Bonchev–Trinajstić information content (AvgIpc) is 1.69. The molecule has 1 aliphatic rings. The minimum absolute atomic E-state index is 0.203. The Morgan fingerprint density at radius 1 is 1.71 bits per heavy atom. The van der Waals surface area contributed by atoms with Crippen LogP contribution in [0.25, 0.3) is 0 Å². The summed E-state index contributed by atoms with van der Waals surface area (Å²) < 4.78 is 5.13. The van der Waals surface area contributed by atoms with Crippen LogP contribution in [0.4, 0.5) is 0 Å². The zero-order chi connectivity index (χ0) is 5.11. The molecule has 41 valence electrons. The third kappa shape index (κ3) is 1.70. The average molecular weight is 117 g/mol. The smallest absolute Gasteiger partial charge is 0.103 e. The van der Waals surface area contributed by atoms with Gasteiger partial charge in [0.05, 0.1) is 0 Å². The molecule has 1 saturated heterocycles. The summed E-state index contributed by atoms with van der Waals surface area (Å²) in [5, 5.41) is 0. The summed E-state index contributed by atoms with van der Waals surface area (Å²) in [7, 11) is 0. The molecule has 2 heteroatoms. The Morgan fingerprint density at radius 3 is 2.86 bits per heavy atom. The van der Waals surface area contributed by atoms with E-state index in [4.69, 9.17) is 4.74 Å². The van der Waals surface area contributed by atoms with Gasteiger partial charge in [-0.15, -0.1) is 11.8 Å². The van der Waals surface area contributed by atoms with Crippen LogP contribution in [0.2, 0.25) is 0 Å². The van der Waals surface area contributed by atoms with Gasteiger partial charge < -0.3 is 4.74 Å². The molecule has 1 radical (unpaired) electrons. The largest absolute Gasteiger partial charge is 0.368 e. The van der Waals surface area contributed by atoms with Gasteiger partial charge in [-0.2, -0.15) is 0 Å². The fourth-order valence-corrected chi connectivity index (χ4v) is 1.28. The molecular weight excluding hydrogens is 108 g/mol. The number of hydrogen-bond donors (Lipinski definition) is 0. The molecule has 1 nitrogen and oxygen atoms in total. The molecule has 1 rings (SSSR count). The second-order valence-corrected chi connectivity index (χ2v) is 2.79. The zero-order valence-corrected chi connectivity index (χ0v) is 5.04. The lowest BCUT2D eigenvalue weighted by molar-refractivity contribution is 0.132. The molecule has 0 aromatic carbocycles. The molecular formula is C5H9OS. The van der Waals surface area contributed by atoms with Gasteiger partial charge in [0.25, 0.3) is 0 Å². The molecule has 0 aliphatic carbocycles. The molecule has 1 aliphatic heterocycles. The van der Waals surface area contributed by atoms with Crippen molar-refractivity contribution >= 4 is 11.8 Å². The Balaban J connectivity index is 2.12. The first kappa shape index (κ1) is 5.45. The predicted octanol–water partition coefficient (Wildman–Crippen LogP) is 1.30. The Kier molecular flexibility index (Phi) is 2.00. The van der Waals surface area contributed by atoms with Gasteiger partial charge in [0.1, 0.15) is 5.44 Å². The minimum Gasteiger partial charge on any atom is -0.368 e. The second-order valence-electron chi connectivity index (χ2n) is 1.52. The molecule has 1 fully saturated rings. The molecule has 1 unspecified atom stereocenters. The minimum atomic E-state index is 0.203. The first-order valence-electron chi connectivity index (χ1n) is 2.46. The van der Waals surface area contributed by atoms with Crippen LogP contribution in [0.1, 0.15) is 6.42 Å². The zero-order valence-electron chi connectivity index (χ0n) is 4.22. The fraction of sp³-hybridized carbons (Fsp3) is 0.800. The summed E-state index contributed by atoms with van der Waals surface area (Å²) in [6.45, 7) is 4.64. The highest BCUT2D eigenvalue weighted by Gasteiger charge is 2.06. The van der Waals surface area contributed by atoms with E-state index < -0.39 is 0 Å². The van der Waals surface area contributed by atoms with Crippen molar-refractivity contribution in [3.8, 4) is 0 Å². The van der Waals surface area contributed by atoms with Gasteiger partial charge in [-0.25, -0.2) is 0 Å². The maximum absolute atomic E-state index is 5.13. The highest BCUT2D eigenvalue weighted by Crippen LogP contribution is 2.17. The van der Waals surface area contributed by atoms with Crippen LogP contribution in [0.15, 0.2) is 0 Å². The van der Waals surface area contributed by atoms with E-state index in [0.29, 0.717) is 0 Å². The Morgan fingerprint density at radius 2 is 2.57 bits per heavy atom. The third-order valence-electron chi connectivity index (χ3n) is 0.896. The number of hydrogen-bond acceptors (Lipinski definition) is 2. The maximum Gasteiger partial charge on any atom is 0.103 e. The van der Waals surface area contributed by atoms with Crippen LogP contribution >= 0.6 is 11.8 Å². The number of rotatable bonds is 0. The van der Waals surface area contributed by atoms with Crippen LogP contribution in [0, 0.1) is 6.92 Å². The topological polar surface area (TPSA) is 9.23 Å². The summed E-state index contributed by atoms with van der Waals surface area (Å²) in [5.74, 6) is 1.22. The van der Waals surface area contributed by atoms with Crippen LogP contribution in [0.3, 0.4) is 0 Å². The normalized spacial score (nSPS) is 33.0. The lowest BCUT2D eigenvalue weighted by Crippen LogP contribution is -2.12.